The van der Waals surface area contributed by atoms with Gasteiger partial charge in [-0.05, 0) is 56.4 Å². The topological polar surface area (TPSA) is 80.1 Å². The minimum absolute atomic E-state index is 0.0717. The molecule has 0 aliphatic carbocycles. The van der Waals surface area contributed by atoms with Crippen LogP contribution in [0.2, 0.25) is 0 Å². The third-order valence-electron chi connectivity index (χ3n) is 3.61. The first kappa shape index (κ1) is 17.9. The van der Waals surface area contributed by atoms with E-state index in [1.54, 1.807) is 24.3 Å². The summed E-state index contributed by atoms with van der Waals surface area (Å²) in [4.78, 5) is 12.6. The molecule has 0 aliphatic heterocycles. The van der Waals surface area contributed by atoms with Gasteiger partial charge in [-0.2, -0.15) is 0 Å². The van der Waals surface area contributed by atoms with Gasteiger partial charge < -0.3 is 14.5 Å². The minimum atomic E-state index is -0.168. The molecule has 134 valence electrons. The van der Waals surface area contributed by atoms with Crippen molar-refractivity contribution in [3.63, 3.8) is 0 Å². The van der Waals surface area contributed by atoms with Crippen molar-refractivity contribution in [2.24, 2.45) is 0 Å². The van der Waals surface area contributed by atoms with E-state index in [4.69, 9.17) is 21.4 Å². The molecule has 3 aromatic rings. The average Bonchev–Trinajstić information content (AvgIpc) is 3.07. The molecule has 2 aromatic carbocycles. The fraction of sp³-hybridized carbons (Fsp3) is 0.211. The molecule has 0 aliphatic rings. The van der Waals surface area contributed by atoms with Crippen LogP contribution in [0, 0.1) is 4.84 Å². The van der Waals surface area contributed by atoms with E-state index in [9.17, 15) is 4.79 Å². The highest BCUT2D eigenvalue weighted by atomic mass is 32.1. The number of H-pyrrole nitrogens is 1. The monoisotopic (exact) mass is 369 g/mol. The van der Waals surface area contributed by atoms with Gasteiger partial charge in [0, 0.05) is 23.2 Å². The Kier molecular flexibility index (Phi) is 5.48. The van der Waals surface area contributed by atoms with E-state index in [1.165, 1.54) is 0 Å². The van der Waals surface area contributed by atoms with Crippen LogP contribution in [0.25, 0.3) is 11.5 Å². The summed E-state index contributed by atoms with van der Waals surface area (Å²) in [5.74, 6) is 0.999. The van der Waals surface area contributed by atoms with Crippen molar-refractivity contribution < 1.29 is 13.9 Å². The molecule has 3 rings (SSSR count). The Labute approximate surface area is 156 Å². The summed E-state index contributed by atoms with van der Waals surface area (Å²) in [6, 6.07) is 14.6. The Morgan fingerprint density at radius 3 is 2.62 bits per heavy atom. The van der Waals surface area contributed by atoms with E-state index in [0.29, 0.717) is 18.0 Å². The van der Waals surface area contributed by atoms with Crippen LogP contribution in [0.15, 0.2) is 52.9 Å². The number of amides is 1. The maximum atomic E-state index is 12.4. The fourth-order valence-corrected chi connectivity index (χ4v) is 2.54. The highest BCUT2D eigenvalue weighted by Gasteiger charge is 2.10. The zero-order chi connectivity index (χ0) is 18.5. The zero-order valence-corrected chi connectivity index (χ0v) is 15.3. The first-order chi connectivity index (χ1) is 12.5. The molecule has 0 atom stereocenters. The van der Waals surface area contributed by atoms with Crippen molar-refractivity contribution in [1.82, 2.24) is 15.5 Å². The van der Waals surface area contributed by atoms with Crippen LogP contribution in [0.5, 0.6) is 5.75 Å². The quantitative estimate of drug-likeness (QED) is 0.639. The number of nitrogens with zero attached hydrogens (tertiary/aromatic N) is 1. The molecule has 7 heteroatoms. The van der Waals surface area contributed by atoms with Crippen molar-refractivity contribution in [2.45, 2.75) is 26.5 Å². The predicted octanol–water partition coefficient (Wildman–Crippen LogP) is 4.12. The van der Waals surface area contributed by atoms with Gasteiger partial charge in [-0.15, -0.1) is 5.10 Å². The van der Waals surface area contributed by atoms with E-state index in [-0.39, 0.29) is 16.8 Å². The number of hydrogen-bond donors (Lipinski definition) is 2. The van der Waals surface area contributed by atoms with Crippen LogP contribution in [0.3, 0.4) is 0 Å². The summed E-state index contributed by atoms with van der Waals surface area (Å²) in [5, 5.41) is 9.44. The molecule has 1 heterocycles. The first-order valence-electron chi connectivity index (χ1n) is 8.21. The molecule has 1 amide bonds. The van der Waals surface area contributed by atoms with Gasteiger partial charge in [0.2, 0.25) is 5.89 Å². The van der Waals surface area contributed by atoms with E-state index in [0.717, 1.165) is 16.9 Å². The van der Waals surface area contributed by atoms with Crippen LogP contribution >= 0.6 is 12.2 Å². The van der Waals surface area contributed by atoms with Crippen LogP contribution in [0.4, 0.5) is 0 Å². The van der Waals surface area contributed by atoms with E-state index < -0.39 is 0 Å². The summed E-state index contributed by atoms with van der Waals surface area (Å²) < 4.78 is 11.0. The third-order valence-corrected chi connectivity index (χ3v) is 3.78. The Morgan fingerprint density at radius 2 is 1.96 bits per heavy atom. The largest absolute Gasteiger partial charge is 0.491 e. The van der Waals surface area contributed by atoms with Gasteiger partial charge in [-0.25, -0.2) is 5.10 Å². The number of aromatic amines is 1. The van der Waals surface area contributed by atoms with E-state index >= 15 is 0 Å². The Hall–Kier alpha value is -2.93. The number of benzene rings is 2. The van der Waals surface area contributed by atoms with Gasteiger partial charge >= 0.3 is 0 Å². The molecule has 0 bridgehead atoms. The number of para-hydroxylation sites is 1. The SMILES string of the molecule is CC(C)Oc1ccccc1CNC(=O)c1ccc(-c2n[nH]c(=S)o2)cc1. The number of aromatic nitrogens is 2. The van der Waals surface area contributed by atoms with Crippen molar-refractivity contribution in [1.29, 1.82) is 0 Å². The lowest BCUT2D eigenvalue weighted by molar-refractivity contribution is 0.0950. The lowest BCUT2D eigenvalue weighted by Crippen LogP contribution is -2.23. The number of carbonyl (C=O) groups is 1. The van der Waals surface area contributed by atoms with E-state index in [1.807, 2.05) is 38.1 Å². The predicted molar refractivity (Wildman–Crippen MR) is 100 cm³/mol. The highest BCUT2D eigenvalue weighted by Crippen LogP contribution is 2.20. The lowest BCUT2D eigenvalue weighted by Gasteiger charge is -2.14. The highest BCUT2D eigenvalue weighted by molar-refractivity contribution is 7.71. The molecule has 0 radical (unpaired) electrons. The summed E-state index contributed by atoms with van der Waals surface area (Å²) >= 11 is 4.86. The molecule has 0 spiro atoms. The normalized spacial score (nSPS) is 10.7. The summed E-state index contributed by atoms with van der Waals surface area (Å²) in [5.41, 5.74) is 2.22. The number of hydrogen-bond acceptors (Lipinski definition) is 5. The number of carbonyl (C=O) groups excluding carboxylic acids is 1. The lowest BCUT2D eigenvalue weighted by atomic mass is 10.1. The second kappa shape index (κ2) is 7.97. The second-order valence-electron chi connectivity index (χ2n) is 5.95. The van der Waals surface area contributed by atoms with Gasteiger partial charge in [0.25, 0.3) is 10.7 Å². The summed E-state index contributed by atoms with van der Waals surface area (Å²) in [7, 11) is 0. The standard InChI is InChI=1S/C19H19N3O3S/c1-12(2)24-16-6-4-3-5-15(16)11-20-17(23)13-7-9-14(10-8-13)18-21-22-19(26)25-18/h3-10,12H,11H2,1-2H3,(H,20,23)(H,22,26). The van der Waals surface area contributed by atoms with Crippen LogP contribution in [-0.4, -0.2) is 22.2 Å². The van der Waals surface area contributed by atoms with Crippen molar-refractivity contribution in [2.75, 3.05) is 0 Å². The molecule has 0 fully saturated rings. The number of rotatable bonds is 6. The second-order valence-corrected chi connectivity index (χ2v) is 6.32. The molecule has 0 saturated heterocycles. The molecule has 6 nitrogen and oxygen atoms in total. The Morgan fingerprint density at radius 1 is 1.23 bits per heavy atom. The van der Waals surface area contributed by atoms with Gasteiger partial charge in [0.15, 0.2) is 0 Å². The van der Waals surface area contributed by atoms with Crippen molar-refractivity contribution in [3.05, 3.63) is 64.5 Å². The van der Waals surface area contributed by atoms with Gasteiger partial charge in [-0.3, -0.25) is 4.79 Å². The maximum absolute atomic E-state index is 12.4. The van der Waals surface area contributed by atoms with Gasteiger partial charge in [-0.1, -0.05) is 18.2 Å². The average molecular weight is 369 g/mol. The number of ether oxygens (including phenoxy) is 1. The molecule has 2 N–H and O–H groups in total. The molecule has 26 heavy (non-hydrogen) atoms. The molecule has 0 unspecified atom stereocenters. The van der Waals surface area contributed by atoms with Crippen LogP contribution in [0.1, 0.15) is 29.8 Å². The number of nitrogens with one attached hydrogen (secondary N) is 2. The molecular weight excluding hydrogens is 350 g/mol. The van der Waals surface area contributed by atoms with Crippen LogP contribution < -0.4 is 10.1 Å². The first-order valence-corrected chi connectivity index (χ1v) is 8.62. The summed E-state index contributed by atoms with van der Waals surface area (Å²) in [6.45, 7) is 4.33. The van der Waals surface area contributed by atoms with Gasteiger partial charge in [0.1, 0.15) is 5.75 Å². The Balaban J connectivity index is 1.66. The van der Waals surface area contributed by atoms with Crippen LogP contribution in [-0.2, 0) is 6.54 Å². The molecule has 0 saturated carbocycles. The fourth-order valence-electron chi connectivity index (χ4n) is 2.41. The summed E-state index contributed by atoms with van der Waals surface area (Å²) in [6.07, 6.45) is 0.0717. The minimum Gasteiger partial charge on any atom is -0.491 e. The Bertz CT molecular complexity index is 945. The van der Waals surface area contributed by atoms with Gasteiger partial charge in [0.05, 0.1) is 6.10 Å². The van der Waals surface area contributed by atoms with Crippen molar-refractivity contribution in [3.8, 4) is 17.2 Å². The van der Waals surface area contributed by atoms with Crippen molar-refractivity contribution >= 4 is 18.1 Å². The molecular formula is C19H19N3O3S. The maximum Gasteiger partial charge on any atom is 0.284 e. The third kappa shape index (κ3) is 4.37. The smallest absolute Gasteiger partial charge is 0.284 e. The van der Waals surface area contributed by atoms with E-state index in [2.05, 4.69) is 15.5 Å². The molecule has 1 aromatic heterocycles. The zero-order valence-electron chi connectivity index (χ0n) is 14.5.